The van der Waals surface area contributed by atoms with Crippen LogP contribution in [0.4, 0.5) is 0 Å². The lowest BCUT2D eigenvalue weighted by molar-refractivity contribution is 0.0949. The van der Waals surface area contributed by atoms with E-state index in [-0.39, 0.29) is 5.91 Å². The van der Waals surface area contributed by atoms with Gasteiger partial charge in [0.2, 0.25) is 0 Å². The number of fused-ring (bicyclic) bond motifs is 1. The number of hydrogen-bond donors (Lipinski definition) is 1. The molecule has 1 aromatic carbocycles. The smallest absolute Gasteiger partial charge is 0.252 e. The Kier molecular flexibility index (Phi) is 3.47. The van der Waals surface area contributed by atoms with Crippen molar-refractivity contribution in [2.75, 3.05) is 0 Å². The number of pyridine rings is 1. The summed E-state index contributed by atoms with van der Waals surface area (Å²) in [5.41, 5.74) is 1.36. The molecule has 100 valence electrons. The molecule has 0 spiro atoms. The fourth-order valence-corrected chi connectivity index (χ4v) is 2.38. The van der Waals surface area contributed by atoms with Gasteiger partial charge >= 0.3 is 0 Å². The summed E-state index contributed by atoms with van der Waals surface area (Å²) in [7, 11) is 0. The third-order valence-electron chi connectivity index (χ3n) is 2.91. The third kappa shape index (κ3) is 2.42. The van der Waals surface area contributed by atoms with Crippen molar-refractivity contribution in [1.82, 2.24) is 19.9 Å². The minimum absolute atomic E-state index is 0.148. The van der Waals surface area contributed by atoms with E-state index in [4.69, 9.17) is 0 Å². The largest absolute Gasteiger partial charge is 0.345 e. The van der Waals surface area contributed by atoms with Crippen LogP contribution < -0.4 is 5.32 Å². The minimum atomic E-state index is -0.148. The molecule has 3 rings (SSSR count). The number of carbonyl (C=O) groups excluding carboxylic acids is 1. The van der Waals surface area contributed by atoms with E-state index in [0.717, 1.165) is 10.1 Å². The summed E-state index contributed by atoms with van der Waals surface area (Å²) in [5.74, 6) is 0.547. The zero-order chi connectivity index (χ0) is 13.9. The quantitative estimate of drug-likeness (QED) is 0.802. The van der Waals surface area contributed by atoms with Gasteiger partial charge in [-0.15, -0.1) is 10.2 Å². The molecule has 0 bridgehead atoms. The first-order valence-electron chi connectivity index (χ1n) is 6.07. The maximum Gasteiger partial charge on any atom is 0.252 e. The SMILES string of the molecule is O=C(NCc1nnc2ccccn12)c1ccccc1Br. The summed E-state index contributed by atoms with van der Waals surface area (Å²) >= 11 is 3.36. The van der Waals surface area contributed by atoms with Crippen molar-refractivity contribution in [3.63, 3.8) is 0 Å². The summed E-state index contributed by atoms with van der Waals surface area (Å²) in [6.45, 7) is 0.325. The van der Waals surface area contributed by atoms with Crippen molar-refractivity contribution in [3.05, 3.63) is 64.5 Å². The molecule has 0 radical (unpaired) electrons. The van der Waals surface area contributed by atoms with E-state index in [2.05, 4.69) is 31.4 Å². The molecule has 20 heavy (non-hydrogen) atoms. The van der Waals surface area contributed by atoms with E-state index in [1.165, 1.54) is 0 Å². The number of nitrogens with one attached hydrogen (secondary N) is 1. The molecule has 2 aromatic heterocycles. The molecule has 0 fully saturated rings. The van der Waals surface area contributed by atoms with Crippen LogP contribution in [0.1, 0.15) is 16.2 Å². The van der Waals surface area contributed by atoms with Crippen LogP contribution in [-0.4, -0.2) is 20.5 Å². The normalized spacial score (nSPS) is 10.7. The Morgan fingerprint density at radius 1 is 1.15 bits per heavy atom. The molecular formula is C14H11BrN4O. The molecule has 1 amide bonds. The van der Waals surface area contributed by atoms with Gasteiger partial charge in [0.25, 0.3) is 5.91 Å². The van der Waals surface area contributed by atoms with Crippen molar-refractivity contribution in [3.8, 4) is 0 Å². The van der Waals surface area contributed by atoms with Crippen molar-refractivity contribution < 1.29 is 4.79 Å². The summed E-state index contributed by atoms with van der Waals surface area (Å²) in [5, 5.41) is 11.0. The number of benzene rings is 1. The van der Waals surface area contributed by atoms with Gasteiger partial charge in [0, 0.05) is 10.7 Å². The summed E-state index contributed by atoms with van der Waals surface area (Å²) in [6.07, 6.45) is 1.87. The fourth-order valence-electron chi connectivity index (χ4n) is 1.91. The lowest BCUT2D eigenvalue weighted by Gasteiger charge is -2.05. The zero-order valence-electron chi connectivity index (χ0n) is 10.5. The van der Waals surface area contributed by atoms with Gasteiger partial charge in [-0.3, -0.25) is 9.20 Å². The van der Waals surface area contributed by atoms with Crippen molar-refractivity contribution >= 4 is 27.5 Å². The van der Waals surface area contributed by atoms with E-state index in [0.29, 0.717) is 17.9 Å². The van der Waals surface area contributed by atoms with Crippen LogP contribution >= 0.6 is 15.9 Å². The molecule has 6 heteroatoms. The Bertz CT molecular complexity index is 768. The molecule has 0 aliphatic rings. The Morgan fingerprint density at radius 2 is 1.95 bits per heavy atom. The van der Waals surface area contributed by atoms with E-state index >= 15 is 0 Å². The lowest BCUT2D eigenvalue weighted by atomic mass is 10.2. The van der Waals surface area contributed by atoms with Crippen LogP contribution in [0.15, 0.2) is 53.1 Å². The lowest BCUT2D eigenvalue weighted by Crippen LogP contribution is -2.24. The van der Waals surface area contributed by atoms with Crippen molar-refractivity contribution in [2.24, 2.45) is 0 Å². The first-order chi connectivity index (χ1) is 9.75. The summed E-state index contributed by atoms with van der Waals surface area (Å²) in [4.78, 5) is 12.1. The maximum atomic E-state index is 12.1. The average molecular weight is 331 g/mol. The van der Waals surface area contributed by atoms with Crippen LogP contribution in [0.2, 0.25) is 0 Å². The topological polar surface area (TPSA) is 59.3 Å². The molecule has 0 saturated heterocycles. The van der Waals surface area contributed by atoms with Crippen LogP contribution in [0.25, 0.3) is 5.65 Å². The molecule has 1 N–H and O–H groups in total. The summed E-state index contributed by atoms with van der Waals surface area (Å²) < 4.78 is 2.61. The molecule has 5 nitrogen and oxygen atoms in total. The average Bonchev–Trinajstić information content (AvgIpc) is 2.88. The second kappa shape index (κ2) is 5.42. The predicted molar refractivity (Wildman–Crippen MR) is 78.3 cm³/mol. The predicted octanol–water partition coefficient (Wildman–Crippen LogP) is 2.42. The van der Waals surface area contributed by atoms with E-state index in [9.17, 15) is 4.79 Å². The Hall–Kier alpha value is -2.21. The molecule has 0 unspecified atom stereocenters. The first-order valence-corrected chi connectivity index (χ1v) is 6.86. The highest BCUT2D eigenvalue weighted by Gasteiger charge is 2.10. The molecule has 0 aliphatic heterocycles. The Labute approximate surface area is 123 Å². The maximum absolute atomic E-state index is 12.1. The van der Waals surface area contributed by atoms with Crippen LogP contribution in [0, 0.1) is 0 Å². The molecule has 3 aromatic rings. The zero-order valence-corrected chi connectivity index (χ0v) is 12.0. The number of rotatable bonds is 3. The van der Waals surface area contributed by atoms with Gasteiger partial charge in [0.1, 0.15) is 0 Å². The first kappa shape index (κ1) is 12.8. The third-order valence-corrected chi connectivity index (χ3v) is 3.60. The van der Waals surface area contributed by atoms with Gasteiger partial charge < -0.3 is 5.32 Å². The number of hydrogen-bond acceptors (Lipinski definition) is 3. The Morgan fingerprint density at radius 3 is 2.80 bits per heavy atom. The van der Waals surface area contributed by atoms with Gasteiger partial charge in [-0.25, -0.2) is 0 Å². The number of amides is 1. The van der Waals surface area contributed by atoms with Crippen LogP contribution in [0.3, 0.4) is 0 Å². The van der Waals surface area contributed by atoms with E-state index in [1.54, 1.807) is 6.07 Å². The molecule has 2 heterocycles. The van der Waals surface area contributed by atoms with Crippen molar-refractivity contribution in [1.29, 1.82) is 0 Å². The van der Waals surface area contributed by atoms with E-state index < -0.39 is 0 Å². The van der Waals surface area contributed by atoms with Crippen LogP contribution in [-0.2, 0) is 6.54 Å². The minimum Gasteiger partial charge on any atom is -0.345 e. The van der Waals surface area contributed by atoms with Gasteiger partial charge in [-0.1, -0.05) is 18.2 Å². The number of halogens is 1. The van der Waals surface area contributed by atoms with Gasteiger partial charge in [0.15, 0.2) is 11.5 Å². The Balaban J connectivity index is 1.77. The van der Waals surface area contributed by atoms with E-state index in [1.807, 2.05) is 47.0 Å². The molecular weight excluding hydrogens is 320 g/mol. The van der Waals surface area contributed by atoms with Gasteiger partial charge in [-0.05, 0) is 40.2 Å². The highest BCUT2D eigenvalue weighted by molar-refractivity contribution is 9.10. The second-order valence-corrected chi connectivity index (χ2v) is 5.06. The second-order valence-electron chi connectivity index (χ2n) is 4.21. The summed E-state index contributed by atoms with van der Waals surface area (Å²) in [6, 6.07) is 13.0. The highest BCUT2D eigenvalue weighted by atomic mass is 79.9. The monoisotopic (exact) mass is 330 g/mol. The van der Waals surface area contributed by atoms with Gasteiger partial charge in [0.05, 0.1) is 12.1 Å². The van der Waals surface area contributed by atoms with Gasteiger partial charge in [-0.2, -0.15) is 0 Å². The van der Waals surface area contributed by atoms with Crippen molar-refractivity contribution in [2.45, 2.75) is 6.54 Å². The molecule has 0 saturated carbocycles. The number of carbonyl (C=O) groups is 1. The van der Waals surface area contributed by atoms with Crippen LogP contribution in [0.5, 0.6) is 0 Å². The number of nitrogens with zero attached hydrogens (tertiary/aromatic N) is 3. The molecule has 0 atom stereocenters. The highest BCUT2D eigenvalue weighted by Crippen LogP contribution is 2.15. The standard InChI is InChI=1S/C14H11BrN4O/c15-11-6-2-1-5-10(11)14(20)16-9-13-18-17-12-7-3-4-8-19(12)13/h1-8H,9H2,(H,16,20). The molecule has 0 aliphatic carbocycles. The number of aromatic nitrogens is 3. The fraction of sp³-hybridized carbons (Fsp3) is 0.0714.